The fourth-order valence-corrected chi connectivity index (χ4v) is 6.97. The molecule has 7 aromatic rings. The molecule has 0 nitrogen and oxygen atoms in total. The summed E-state index contributed by atoms with van der Waals surface area (Å²) in [6.45, 7) is 14.2. The van der Waals surface area contributed by atoms with Gasteiger partial charge in [-0.05, 0) is 99.4 Å². The summed E-state index contributed by atoms with van der Waals surface area (Å²) in [5, 5.41) is 10.4. The van der Waals surface area contributed by atoms with E-state index in [4.69, 9.17) is 0 Å². The van der Waals surface area contributed by atoms with E-state index in [1.165, 1.54) is 76.5 Å². The predicted octanol–water partition coefficient (Wildman–Crippen LogP) is 12.2. The van der Waals surface area contributed by atoms with E-state index in [-0.39, 0.29) is 10.8 Å². The zero-order valence-electron chi connectivity index (χ0n) is 25.5. The van der Waals surface area contributed by atoms with Crippen molar-refractivity contribution < 1.29 is 0 Å². The molecular weight excluding hydrogens is 504 g/mol. The molecule has 42 heavy (non-hydrogen) atoms. The first-order chi connectivity index (χ1) is 20.1. The zero-order valence-corrected chi connectivity index (χ0v) is 25.5. The Labute approximate surface area is 249 Å². The Morgan fingerprint density at radius 1 is 0.381 bits per heavy atom. The van der Waals surface area contributed by atoms with Crippen molar-refractivity contribution in [3.05, 3.63) is 132 Å². The number of hydrogen-bond acceptors (Lipinski definition) is 0. The minimum atomic E-state index is -0.0587. The van der Waals surface area contributed by atoms with E-state index in [9.17, 15) is 0 Å². The molecule has 0 heteroatoms. The lowest BCUT2D eigenvalue weighted by Gasteiger charge is -2.33. The third kappa shape index (κ3) is 4.29. The number of fused-ring (bicyclic) bond motifs is 4. The van der Waals surface area contributed by atoms with Crippen LogP contribution in [-0.4, -0.2) is 0 Å². The molecule has 7 rings (SSSR count). The summed E-state index contributed by atoms with van der Waals surface area (Å²) in [5.74, 6) is 0. The number of rotatable bonds is 2. The standard InChI is InChI=1S/C42H38/c1-41(2,3)36-24-23-35-37(31-21-19-27-13-7-9-15-29(27)25-31)33-17-11-12-18-34(33)38(39(35)40(36)42(4,5)6)32-22-20-28-14-8-10-16-30(28)26-32/h7-26H,1-6H3. The van der Waals surface area contributed by atoms with Crippen LogP contribution in [0.2, 0.25) is 0 Å². The molecule has 0 amide bonds. The van der Waals surface area contributed by atoms with Crippen molar-refractivity contribution in [2.75, 3.05) is 0 Å². The Balaban J connectivity index is 1.73. The Morgan fingerprint density at radius 2 is 0.857 bits per heavy atom. The molecular formula is C42H38. The lowest BCUT2D eigenvalue weighted by Crippen LogP contribution is -2.22. The molecule has 0 heterocycles. The quantitative estimate of drug-likeness (QED) is 0.191. The molecule has 0 fully saturated rings. The second kappa shape index (κ2) is 9.57. The van der Waals surface area contributed by atoms with E-state index >= 15 is 0 Å². The van der Waals surface area contributed by atoms with Gasteiger partial charge >= 0.3 is 0 Å². The van der Waals surface area contributed by atoms with Crippen LogP contribution in [0.15, 0.2) is 121 Å². The van der Waals surface area contributed by atoms with Gasteiger partial charge in [0.15, 0.2) is 0 Å². The van der Waals surface area contributed by atoms with Crippen molar-refractivity contribution in [1.29, 1.82) is 0 Å². The maximum Gasteiger partial charge on any atom is -0.00231 e. The molecule has 0 bridgehead atoms. The highest BCUT2D eigenvalue weighted by atomic mass is 14.3. The van der Waals surface area contributed by atoms with Gasteiger partial charge in [-0.2, -0.15) is 0 Å². The van der Waals surface area contributed by atoms with Crippen LogP contribution in [0.5, 0.6) is 0 Å². The van der Waals surface area contributed by atoms with Crippen LogP contribution >= 0.6 is 0 Å². The molecule has 0 saturated carbocycles. The van der Waals surface area contributed by atoms with Crippen molar-refractivity contribution in [2.24, 2.45) is 0 Å². The molecule has 0 unspecified atom stereocenters. The van der Waals surface area contributed by atoms with Crippen molar-refractivity contribution >= 4 is 43.1 Å². The van der Waals surface area contributed by atoms with E-state index in [1.807, 2.05) is 0 Å². The maximum atomic E-state index is 2.41. The second-order valence-electron chi connectivity index (χ2n) is 13.8. The summed E-state index contributed by atoms with van der Waals surface area (Å²) in [4.78, 5) is 0. The van der Waals surface area contributed by atoms with Crippen LogP contribution in [-0.2, 0) is 10.8 Å². The average molecular weight is 543 g/mol. The molecule has 206 valence electrons. The SMILES string of the molecule is CC(C)(C)c1ccc2c(-c3ccc4ccccc4c3)c3ccccc3c(-c3ccc4ccccc4c3)c2c1C(C)(C)C. The molecule has 0 aromatic heterocycles. The largest absolute Gasteiger partial charge is 0.0616 e. The lowest BCUT2D eigenvalue weighted by molar-refractivity contribution is 0.535. The summed E-state index contributed by atoms with van der Waals surface area (Å²) in [6, 6.07) is 45.2. The molecule has 7 aromatic carbocycles. The van der Waals surface area contributed by atoms with E-state index in [2.05, 4.69) is 163 Å². The molecule has 0 spiro atoms. The predicted molar refractivity (Wildman–Crippen MR) is 185 cm³/mol. The van der Waals surface area contributed by atoms with Gasteiger partial charge in [0.25, 0.3) is 0 Å². The van der Waals surface area contributed by atoms with Gasteiger partial charge in [-0.3, -0.25) is 0 Å². The van der Waals surface area contributed by atoms with Crippen LogP contribution < -0.4 is 0 Å². The molecule has 0 aliphatic heterocycles. The third-order valence-corrected chi connectivity index (χ3v) is 8.82. The first-order valence-corrected chi connectivity index (χ1v) is 15.1. The van der Waals surface area contributed by atoms with Crippen LogP contribution in [0.1, 0.15) is 52.7 Å². The molecule has 0 aliphatic rings. The van der Waals surface area contributed by atoms with Crippen molar-refractivity contribution in [1.82, 2.24) is 0 Å². The summed E-state index contributed by atoms with van der Waals surface area (Å²) in [5.41, 5.74) is 8.02. The van der Waals surface area contributed by atoms with E-state index in [0.717, 1.165) is 0 Å². The van der Waals surface area contributed by atoms with Gasteiger partial charge in [0.05, 0.1) is 0 Å². The van der Waals surface area contributed by atoms with Gasteiger partial charge in [0.2, 0.25) is 0 Å². The van der Waals surface area contributed by atoms with Gasteiger partial charge in [-0.15, -0.1) is 0 Å². The Kier molecular flexibility index (Phi) is 6.03. The highest BCUT2D eigenvalue weighted by Crippen LogP contribution is 2.50. The van der Waals surface area contributed by atoms with Crippen molar-refractivity contribution in [2.45, 2.75) is 52.4 Å². The van der Waals surface area contributed by atoms with Crippen LogP contribution in [0.25, 0.3) is 65.3 Å². The maximum absolute atomic E-state index is 2.41. The van der Waals surface area contributed by atoms with Crippen LogP contribution in [0.3, 0.4) is 0 Å². The summed E-state index contributed by atoms with van der Waals surface area (Å²) in [7, 11) is 0. The highest BCUT2D eigenvalue weighted by Gasteiger charge is 2.30. The zero-order chi connectivity index (χ0) is 29.2. The monoisotopic (exact) mass is 542 g/mol. The number of hydrogen-bond donors (Lipinski definition) is 0. The fraction of sp³-hybridized carbons (Fsp3) is 0.190. The third-order valence-electron chi connectivity index (χ3n) is 8.82. The van der Waals surface area contributed by atoms with E-state index in [0.29, 0.717) is 0 Å². The topological polar surface area (TPSA) is 0 Å². The molecule has 0 N–H and O–H groups in total. The minimum absolute atomic E-state index is 0.00617. The smallest absolute Gasteiger partial charge is 0.00231 e. The van der Waals surface area contributed by atoms with Gasteiger partial charge < -0.3 is 0 Å². The second-order valence-corrected chi connectivity index (χ2v) is 13.8. The first kappa shape index (κ1) is 26.5. The summed E-state index contributed by atoms with van der Waals surface area (Å²) in [6.07, 6.45) is 0. The van der Waals surface area contributed by atoms with Crippen molar-refractivity contribution in [3.8, 4) is 22.3 Å². The van der Waals surface area contributed by atoms with Gasteiger partial charge in [0.1, 0.15) is 0 Å². The molecule has 0 radical (unpaired) electrons. The minimum Gasteiger partial charge on any atom is -0.0616 e. The van der Waals surface area contributed by atoms with E-state index < -0.39 is 0 Å². The van der Waals surface area contributed by atoms with Crippen LogP contribution in [0, 0.1) is 0 Å². The first-order valence-electron chi connectivity index (χ1n) is 15.1. The Morgan fingerprint density at radius 3 is 1.38 bits per heavy atom. The normalized spacial score (nSPS) is 12.5. The average Bonchev–Trinajstić information content (AvgIpc) is 2.97. The summed E-state index contributed by atoms with van der Waals surface area (Å²) >= 11 is 0. The van der Waals surface area contributed by atoms with E-state index in [1.54, 1.807) is 0 Å². The fourth-order valence-electron chi connectivity index (χ4n) is 6.97. The molecule has 0 atom stereocenters. The Bertz CT molecular complexity index is 2150. The van der Waals surface area contributed by atoms with Gasteiger partial charge in [0, 0.05) is 0 Å². The summed E-state index contributed by atoms with van der Waals surface area (Å²) < 4.78 is 0. The Hall–Kier alpha value is -4.42. The lowest BCUT2D eigenvalue weighted by atomic mass is 9.70. The van der Waals surface area contributed by atoms with Crippen LogP contribution in [0.4, 0.5) is 0 Å². The van der Waals surface area contributed by atoms with Crippen molar-refractivity contribution in [3.63, 3.8) is 0 Å². The van der Waals surface area contributed by atoms with Gasteiger partial charge in [-0.25, -0.2) is 0 Å². The molecule has 0 saturated heterocycles. The highest BCUT2D eigenvalue weighted by molar-refractivity contribution is 6.23. The van der Waals surface area contributed by atoms with Gasteiger partial charge in [-0.1, -0.05) is 151 Å². The number of benzene rings is 7. The molecule has 0 aliphatic carbocycles.